The first-order valence-electron chi connectivity index (χ1n) is 4.37. The Bertz CT molecular complexity index is 239. The molecule has 0 N–H and O–H groups in total. The van der Waals surface area contributed by atoms with Crippen molar-refractivity contribution >= 4 is 5.78 Å². The molecule has 0 radical (unpaired) electrons. The first-order valence-corrected chi connectivity index (χ1v) is 4.37. The van der Waals surface area contributed by atoms with Crippen molar-refractivity contribution in [2.75, 3.05) is 0 Å². The van der Waals surface area contributed by atoms with Crippen LogP contribution in [0.25, 0.3) is 0 Å². The molecule has 1 fully saturated rings. The van der Waals surface area contributed by atoms with Crippen LogP contribution in [0.3, 0.4) is 0 Å². The Hall–Kier alpha value is -0.590. The lowest BCUT2D eigenvalue weighted by molar-refractivity contribution is -0.115. The number of hydrogen-bond donors (Lipinski definition) is 0. The molecular formula is C10H14O. The van der Waals surface area contributed by atoms with Crippen molar-refractivity contribution in [2.45, 2.75) is 33.1 Å². The molecule has 0 heterocycles. The highest BCUT2D eigenvalue weighted by molar-refractivity contribution is 5.94. The van der Waals surface area contributed by atoms with Gasteiger partial charge in [-0.15, -0.1) is 0 Å². The minimum absolute atomic E-state index is 0.260. The van der Waals surface area contributed by atoms with Gasteiger partial charge < -0.3 is 0 Å². The molecular weight excluding hydrogens is 136 g/mol. The largest absolute Gasteiger partial charge is 0.295 e. The predicted molar refractivity (Wildman–Crippen MR) is 44.2 cm³/mol. The summed E-state index contributed by atoms with van der Waals surface area (Å²) in [4.78, 5) is 11.1. The molecule has 2 unspecified atom stereocenters. The number of ketones is 1. The quantitative estimate of drug-likeness (QED) is 0.518. The van der Waals surface area contributed by atoms with Crippen LogP contribution in [0.5, 0.6) is 0 Å². The molecule has 11 heavy (non-hydrogen) atoms. The summed E-state index contributed by atoms with van der Waals surface area (Å²) in [5.41, 5.74) is 1.68. The highest BCUT2D eigenvalue weighted by Gasteiger charge is 2.43. The normalized spacial score (nSPS) is 42.5. The van der Waals surface area contributed by atoms with E-state index >= 15 is 0 Å². The van der Waals surface area contributed by atoms with Gasteiger partial charge in [0.25, 0.3) is 0 Å². The molecule has 60 valence electrons. The van der Waals surface area contributed by atoms with Crippen LogP contribution in [0.2, 0.25) is 0 Å². The minimum atomic E-state index is 0.260. The van der Waals surface area contributed by atoms with Crippen molar-refractivity contribution < 1.29 is 4.79 Å². The highest BCUT2D eigenvalue weighted by Crippen LogP contribution is 2.51. The van der Waals surface area contributed by atoms with E-state index in [4.69, 9.17) is 0 Å². The van der Waals surface area contributed by atoms with E-state index < -0.39 is 0 Å². The van der Waals surface area contributed by atoms with Crippen LogP contribution in [0.1, 0.15) is 33.1 Å². The van der Waals surface area contributed by atoms with E-state index in [0.717, 1.165) is 6.42 Å². The van der Waals surface area contributed by atoms with Crippen LogP contribution in [0.15, 0.2) is 11.6 Å². The molecule has 2 atom stereocenters. The lowest BCUT2D eigenvalue weighted by atomic mass is 9.84. The summed E-state index contributed by atoms with van der Waals surface area (Å²) >= 11 is 0. The average molecular weight is 150 g/mol. The third-order valence-corrected chi connectivity index (χ3v) is 3.24. The van der Waals surface area contributed by atoms with Gasteiger partial charge in [-0.25, -0.2) is 0 Å². The fraction of sp³-hybridized carbons (Fsp3) is 0.700. The van der Waals surface area contributed by atoms with Gasteiger partial charge in [0.2, 0.25) is 0 Å². The Balaban J connectivity index is 2.39. The number of fused-ring (bicyclic) bond motifs is 1. The van der Waals surface area contributed by atoms with Crippen LogP contribution >= 0.6 is 0 Å². The maximum atomic E-state index is 11.1. The topological polar surface area (TPSA) is 17.1 Å². The third-order valence-electron chi connectivity index (χ3n) is 3.24. The first-order chi connectivity index (χ1) is 5.12. The maximum Gasteiger partial charge on any atom is 0.156 e. The number of allylic oxidation sites excluding steroid dienone is 2. The molecule has 0 amide bonds. The van der Waals surface area contributed by atoms with Crippen LogP contribution < -0.4 is 0 Å². The van der Waals surface area contributed by atoms with Gasteiger partial charge in [0, 0.05) is 6.42 Å². The molecule has 0 aliphatic heterocycles. The summed E-state index contributed by atoms with van der Waals surface area (Å²) in [5.74, 6) is 1.00. The molecule has 1 heteroatoms. The molecule has 2 rings (SSSR count). The second-order valence-corrected chi connectivity index (χ2v) is 4.24. The van der Waals surface area contributed by atoms with Crippen molar-refractivity contribution in [2.24, 2.45) is 11.3 Å². The molecule has 0 saturated heterocycles. The lowest BCUT2D eigenvalue weighted by Gasteiger charge is -2.19. The number of rotatable bonds is 0. The second-order valence-electron chi connectivity index (χ2n) is 4.24. The van der Waals surface area contributed by atoms with Gasteiger partial charge in [-0.1, -0.05) is 19.4 Å². The Morgan fingerprint density at radius 1 is 1.64 bits per heavy atom. The Labute approximate surface area is 67.5 Å². The van der Waals surface area contributed by atoms with Crippen molar-refractivity contribution in [3.63, 3.8) is 0 Å². The smallest absolute Gasteiger partial charge is 0.156 e. The summed E-state index contributed by atoms with van der Waals surface area (Å²) in [7, 11) is 0. The molecule has 1 nitrogen and oxygen atoms in total. The van der Waals surface area contributed by atoms with E-state index in [1.54, 1.807) is 0 Å². The van der Waals surface area contributed by atoms with Crippen LogP contribution in [0, 0.1) is 11.3 Å². The van der Waals surface area contributed by atoms with Crippen LogP contribution in [0.4, 0.5) is 0 Å². The summed E-state index contributed by atoms with van der Waals surface area (Å²) in [6.07, 6.45) is 5.14. The highest BCUT2D eigenvalue weighted by atomic mass is 16.1. The van der Waals surface area contributed by atoms with Gasteiger partial charge in [0.15, 0.2) is 5.78 Å². The first kappa shape index (κ1) is 7.08. The SMILES string of the molecule is CC1CCC2(C)CC(=O)C=C12. The fourth-order valence-electron chi connectivity index (χ4n) is 2.55. The number of carbonyl (C=O) groups is 1. The van der Waals surface area contributed by atoms with Gasteiger partial charge in [-0.05, 0) is 30.3 Å². The predicted octanol–water partition coefficient (Wildman–Crippen LogP) is 2.32. The van der Waals surface area contributed by atoms with Gasteiger partial charge in [0.05, 0.1) is 0 Å². The minimum Gasteiger partial charge on any atom is -0.295 e. The lowest BCUT2D eigenvalue weighted by Crippen LogP contribution is -2.11. The summed E-state index contributed by atoms with van der Waals surface area (Å²) in [5, 5.41) is 0. The molecule has 1 saturated carbocycles. The molecule has 0 aromatic carbocycles. The molecule has 2 aliphatic carbocycles. The fourth-order valence-corrected chi connectivity index (χ4v) is 2.55. The summed E-state index contributed by atoms with van der Waals surface area (Å²) < 4.78 is 0. The van der Waals surface area contributed by atoms with Crippen LogP contribution in [-0.2, 0) is 4.79 Å². The Kier molecular flexibility index (Phi) is 1.26. The van der Waals surface area contributed by atoms with E-state index in [9.17, 15) is 4.79 Å². The zero-order valence-corrected chi connectivity index (χ0v) is 7.18. The van der Waals surface area contributed by atoms with Gasteiger partial charge in [0.1, 0.15) is 0 Å². The monoisotopic (exact) mass is 150 g/mol. The molecule has 0 aromatic rings. The second kappa shape index (κ2) is 1.96. The molecule has 2 aliphatic rings. The average Bonchev–Trinajstić information content (AvgIpc) is 2.32. The van der Waals surface area contributed by atoms with E-state index in [-0.39, 0.29) is 5.41 Å². The van der Waals surface area contributed by atoms with E-state index in [2.05, 4.69) is 13.8 Å². The van der Waals surface area contributed by atoms with Crippen molar-refractivity contribution in [1.82, 2.24) is 0 Å². The Morgan fingerprint density at radius 3 is 3.00 bits per heavy atom. The summed E-state index contributed by atoms with van der Waals surface area (Å²) in [6.45, 7) is 4.46. The standard InChI is InChI=1S/C10H14O/c1-7-3-4-10(2)6-8(11)5-9(7)10/h5,7H,3-4,6H2,1-2H3. The van der Waals surface area contributed by atoms with Gasteiger partial charge in [-0.2, -0.15) is 0 Å². The number of hydrogen-bond acceptors (Lipinski definition) is 1. The zero-order valence-electron chi connectivity index (χ0n) is 7.18. The van der Waals surface area contributed by atoms with Crippen molar-refractivity contribution in [1.29, 1.82) is 0 Å². The maximum absolute atomic E-state index is 11.1. The van der Waals surface area contributed by atoms with Crippen molar-refractivity contribution in [3.05, 3.63) is 11.6 Å². The molecule has 0 bridgehead atoms. The van der Waals surface area contributed by atoms with Gasteiger partial charge >= 0.3 is 0 Å². The Morgan fingerprint density at radius 2 is 2.36 bits per heavy atom. The van der Waals surface area contributed by atoms with E-state index in [1.807, 2.05) is 6.08 Å². The van der Waals surface area contributed by atoms with Gasteiger partial charge in [-0.3, -0.25) is 4.79 Å². The van der Waals surface area contributed by atoms with Crippen LogP contribution in [-0.4, -0.2) is 5.78 Å². The van der Waals surface area contributed by atoms with Crippen molar-refractivity contribution in [3.8, 4) is 0 Å². The van der Waals surface area contributed by atoms with E-state index in [0.29, 0.717) is 11.7 Å². The third kappa shape index (κ3) is 0.867. The molecule has 0 aromatic heterocycles. The zero-order chi connectivity index (χ0) is 8.06. The summed E-state index contributed by atoms with van der Waals surface area (Å²) in [6, 6.07) is 0. The number of carbonyl (C=O) groups excluding carboxylic acids is 1. The molecule has 0 spiro atoms. The van der Waals surface area contributed by atoms with E-state index in [1.165, 1.54) is 18.4 Å².